The Morgan fingerprint density at radius 2 is 1.86 bits per heavy atom. The van der Waals surface area contributed by atoms with Crippen LogP contribution in [0.3, 0.4) is 0 Å². The first-order valence-corrected chi connectivity index (χ1v) is 11.5. The summed E-state index contributed by atoms with van der Waals surface area (Å²) in [6, 6.07) is 13.8. The zero-order valence-electron chi connectivity index (χ0n) is 16.0. The molecule has 2 aromatic carbocycles. The minimum absolute atomic E-state index is 0.211. The molecule has 0 bridgehead atoms. The Kier molecular flexibility index (Phi) is 6.29. The van der Waals surface area contributed by atoms with E-state index in [1.165, 1.54) is 18.4 Å². The zero-order chi connectivity index (χ0) is 21.0. The molecule has 1 aromatic heterocycles. The molecule has 0 unspecified atom stereocenters. The normalized spacial score (nSPS) is 12.3. The molecule has 0 radical (unpaired) electrons. The van der Waals surface area contributed by atoms with Gasteiger partial charge in [-0.3, -0.25) is 4.79 Å². The third-order valence-electron chi connectivity index (χ3n) is 4.21. The highest BCUT2D eigenvalue weighted by Crippen LogP contribution is 2.20. The van der Waals surface area contributed by atoms with E-state index >= 15 is 0 Å². The summed E-state index contributed by atoms with van der Waals surface area (Å²) in [5.41, 5.74) is 1.83. The molecule has 0 N–H and O–H groups in total. The molecule has 0 atom stereocenters. The fraction of sp³-hybridized carbons (Fsp3) is 0.250. The Hall–Kier alpha value is -2.78. The highest BCUT2D eigenvalue weighted by atomic mass is 32.2. The number of aromatic nitrogens is 1. The summed E-state index contributed by atoms with van der Waals surface area (Å²) in [4.78, 5) is 28.5. The van der Waals surface area contributed by atoms with Crippen LogP contribution in [0, 0.1) is 0 Å². The number of sulfone groups is 1. The lowest BCUT2D eigenvalue weighted by Crippen LogP contribution is -2.21. The van der Waals surface area contributed by atoms with Crippen molar-refractivity contribution in [1.29, 1.82) is 0 Å². The number of ether oxygens (including phenoxy) is 1. The van der Waals surface area contributed by atoms with Crippen LogP contribution in [-0.2, 0) is 31.7 Å². The van der Waals surface area contributed by atoms with E-state index in [9.17, 15) is 18.0 Å². The van der Waals surface area contributed by atoms with Crippen LogP contribution in [0.15, 0.2) is 53.5 Å². The smallest absolute Gasteiger partial charge is 0.337 e. The maximum absolute atomic E-state index is 12.4. The largest absolute Gasteiger partial charge is 0.465 e. The highest BCUT2D eigenvalue weighted by Gasteiger charge is 2.18. The number of hydrogen-bond acceptors (Lipinski definition) is 6. The molecule has 1 amide bonds. The summed E-state index contributed by atoms with van der Waals surface area (Å²) in [5.74, 6) is -2.04. The molecule has 0 saturated heterocycles. The van der Waals surface area contributed by atoms with Gasteiger partial charge in [-0.05, 0) is 30.7 Å². The quantitative estimate of drug-likeness (QED) is 0.558. The van der Waals surface area contributed by atoms with Crippen LogP contribution in [0.4, 0.5) is 0 Å². The number of benzene rings is 2. The van der Waals surface area contributed by atoms with Crippen LogP contribution < -0.4 is 4.80 Å². The van der Waals surface area contributed by atoms with Crippen LogP contribution >= 0.6 is 11.3 Å². The standard InChI is InChI=1S/C20H20N2O5S2/c1-3-22-16-10-9-15(19(24)27-2)11-17(16)28-20(22)21-18(23)13-29(25,26)12-14-7-5-4-6-8-14/h4-11H,3,12-13H2,1-2H3. The third kappa shape index (κ3) is 4.99. The van der Waals surface area contributed by atoms with E-state index in [1.54, 1.807) is 48.5 Å². The monoisotopic (exact) mass is 432 g/mol. The van der Waals surface area contributed by atoms with Gasteiger partial charge in [0.1, 0.15) is 5.75 Å². The van der Waals surface area contributed by atoms with Crippen LogP contribution in [0.1, 0.15) is 22.8 Å². The van der Waals surface area contributed by atoms with Crippen LogP contribution in [0.25, 0.3) is 10.2 Å². The molecule has 3 rings (SSSR count). The number of hydrogen-bond donors (Lipinski definition) is 0. The van der Waals surface area contributed by atoms with Crippen molar-refractivity contribution in [2.75, 3.05) is 12.9 Å². The van der Waals surface area contributed by atoms with Crippen molar-refractivity contribution >= 4 is 43.3 Å². The van der Waals surface area contributed by atoms with Crippen molar-refractivity contribution in [2.24, 2.45) is 4.99 Å². The molecule has 152 valence electrons. The molecule has 3 aromatic rings. The maximum atomic E-state index is 12.4. The molecular formula is C20H20N2O5S2. The van der Waals surface area contributed by atoms with Gasteiger partial charge in [0.15, 0.2) is 14.6 Å². The van der Waals surface area contributed by atoms with Crippen molar-refractivity contribution in [3.63, 3.8) is 0 Å². The Bertz CT molecular complexity index is 1220. The number of aryl methyl sites for hydroxylation is 1. The first kappa shape index (κ1) is 20.9. The number of carbonyl (C=O) groups excluding carboxylic acids is 2. The van der Waals surface area contributed by atoms with Crippen molar-refractivity contribution in [3.05, 3.63) is 64.5 Å². The molecule has 0 aliphatic rings. The van der Waals surface area contributed by atoms with Gasteiger partial charge in [-0.2, -0.15) is 4.99 Å². The van der Waals surface area contributed by atoms with Crippen molar-refractivity contribution in [2.45, 2.75) is 19.2 Å². The number of esters is 1. The Morgan fingerprint density at radius 1 is 1.14 bits per heavy atom. The third-order valence-corrected chi connectivity index (χ3v) is 6.71. The summed E-state index contributed by atoms with van der Waals surface area (Å²) < 4.78 is 32.0. The molecule has 29 heavy (non-hydrogen) atoms. The molecular weight excluding hydrogens is 412 g/mol. The lowest BCUT2D eigenvalue weighted by atomic mass is 10.2. The number of carbonyl (C=O) groups is 2. The second-order valence-corrected chi connectivity index (χ2v) is 9.40. The molecule has 1 heterocycles. The van der Waals surface area contributed by atoms with E-state index in [1.807, 2.05) is 11.5 Å². The minimum atomic E-state index is -3.63. The first-order chi connectivity index (χ1) is 13.8. The van der Waals surface area contributed by atoms with Gasteiger partial charge in [0.05, 0.1) is 28.6 Å². The number of rotatable bonds is 6. The summed E-state index contributed by atoms with van der Waals surface area (Å²) in [6.07, 6.45) is 0. The Morgan fingerprint density at radius 3 is 2.52 bits per heavy atom. The van der Waals surface area contributed by atoms with E-state index in [4.69, 9.17) is 4.74 Å². The van der Waals surface area contributed by atoms with Gasteiger partial charge in [-0.25, -0.2) is 13.2 Å². The topological polar surface area (TPSA) is 94.8 Å². The number of methoxy groups -OCH3 is 1. The van der Waals surface area contributed by atoms with Gasteiger partial charge in [0.2, 0.25) is 0 Å². The molecule has 0 aliphatic carbocycles. The predicted octanol–water partition coefficient (Wildman–Crippen LogP) is 2.55. The van der Waals surface area contributed by atoms with E-state index < -0.39 is 27.5 Å². The van der Waals surface area contributed by atoms with Gasteiger partial charge in [-0.15, -0.1) is 0 Å². The zero-order valence-corrected chi connectivity index (χ0v) is 17.6. The average Bonchev–Trinajstić information content (AvgIpc) is 3.02. The Labute approximate surface area is 172 Å². The number of fused-ring (bicyclic) bond motifs is 1. The van der Waals surface area contributed by atoms with Crippen molar-refractivity contribution < 1.29 is 22.7 Å². The molecule has 0 fully saturated rings. The van der Waals surface area contributed by atoms with Crippen LogP contribution in [0.5, 0.6) is 0 Å². The first-order valence-electron chi connectivity index (χ1n) is 8.86. The minimum Gasteiger partial charge on any atom is -0.465 e. The van der Waals surface area contributed by atoms with E-state index in [2.05, 4.69) is 4.99 Å². The average molecular weight is 433 g/mol. The van der Waals surface area contributed by atoms with Crippen molar-refractivity contribution in [1.82, 2.24) is 4.57 Å². The summed E-state index contributed by atoms with van der Waals surface area (Å²) >= 11 is 1.22. The molecule has 0 spiro atoms. The van der Waals surface area contributed by atoms with Crippen LogP contribution in [-0.4, -0.2) is 37.7 Å². The summed E-state index contributed by atoms with van der Waals surface area (Å²) in [5, 5.41) is 0. The van der Waals surface area contributed by atoms with Gasteiger partial charge < -0.3 is 9.30 Å². The van der Waals surface area contributed by atoms with Gasteiger partial charge >= 0.3 is 5.97 Å². The SMILES string of the molecule is CCn1c(=NC(=O)CS(=O)(=O)Cc2ccccc2)sc2cc(C(=O)OC)ccc21. The van der Waals surface area contributed by atoms with Gasteiger partial charge in [0.25, 0.3) is 5.91 Å². The lowest BCUT2D eigenvalue weighted by molar-refractivity contribution is -0.115. The van der Waals surface area contributed by atoms with Crippen molar-refractivity contribution in [3.8, 4) is 0 Å². The Balaban J connectivity index is 1.90. The number of amides is 1. The second kappa shape index (κ2) is 8.71. The van der Waals surface area contributed by atoms with E-state index in [-0.39, 0.29) is 5.75 Å². The molecule has 9 heteroatoms. The fourth-order valence-corrected chi connectivity index (χ4v) is 5.31. The summed E-state index contributed by atoms with van der Waals surface area (Å²) in [7, 11) is -2.33. The molecule has 0 aliphatic heterocycles. The van der Waals surface area contributed by atoms with E-state index in [0.717, 1.165) is 10.2 Å². The fourth-order valence-electron chi connectivity index (χ4n) is 2.92. The maximum Gasteiger partial charge on any atom is 0.337 e. The lowest BCUT2D eigenvalue weighted by Gasteiger charge is -2.03. The van der Waals surface area contributed by atoms with Crippen LogP contribution in [0.2, 0.25) is 0 Å². The molecule has 0 saturated carbocycles. The number of thiazole rings is 1. The van der Waals surface area contributed by atoms with Gasteiger partial charge in [-0.1, -0.05) is 41.7 Å². The second-order valence-electron chi connectivity index (χ2n) is 6.33. The molecule has 7 nitrogen and oxygen atoms in total. The predicted molar refractivity (Wildman–Crippen MR) is 111 cm³/mol. The number of nitrogens with zero attached hydrogens (tertiary/aromatic N) is 2. The summed E-state index contributed by atoms with van der Waals surface area (Å²) in [6.45, 7) is 2.44. The highest BCUT2D eigenvalue weighted by molar-refractivity contribution is 7.91. The van der Waals surface area contributed by atoms with E-state index in [0.29, 0.717) is 22.5 Å². The van der Waals surface area contributed by atoms with Gasteiger partial charge in [0, 0.05) is 6.54 Å².